The lowest BCUT2D eigenvalue weighted by Crippen LogP contribution is -2.06. The van der Waals surface area contributed by atoms with Crippen LogP contribution in [0, 0.1) is 0 Å². The summed E-state index contributed by atoms with van der Waals surface area (Å²) in [6, 6.07) is 0. The molecule has 0 aromatic carbocycles. The van der Waals surface area contributed by atoms with E-state index < -0.39 is 19.8 Å². The molecule has 62 valence electrons. The number of hydrogen-bond acceptors (Lipinski definition) is 2. The van der Waals surface area contributed by atoms with Crippen LogP contribution in [0.2, 0.25) is 0 Å². The molecule has 0 bridgehead atoms. The van der Waals surface area contributed by atoms with E-state index >= 15 is 0 Å². The van der Waals surface area contributed by atoms with Crippen LogP contribution in [0.3, 0.4) is 0 Å². The summed E-state index contributed by atoms with van der Waals surface area (Å²) in [5.41, 5.74) is 0. The van der Waals surface area contributed by atoms with Crippen molar-refractivity contribution in [2.24, 2.45) is 0 Å². The molecular weight excluding hydrogens is 181 g/mol. The first-order valence-electron chi connectivity index (χ1n) is 2.72. The maximum Gasteiger partial charge on any atom is 0.330 e. The van der Waals surface area contributed by atoms with Crippen LogP contribution in [0.25, 0.3) is 0 Å². The molecule has 2 unspecified atom stereocenters. The SMILES string of the molecule is CCP(=O)(O)OC(F)CCl. The summed E-state index contributed by atoms with van der Waals surface area (Å²) in [6.07, 6.45) is -1.96. The lowest BCUT2D eigenvalue weighted by atomic mass is 10.8. The number of alkyl halides is 2. The summed E-state index contributed by atoms with van der Waals surface area (Å²) >= 11 is 4.98. The summed E-state index contributed by atoms with van der Waals surface area (Å²) in [5.74, 6) is -0.426. The van der Waals surface area contributed by atoms with Gasteiger partial charge in [-0.25, -0.2) is 4.39 Å². The van der Waals surface area contributed by atoms with Crippen LogP contribution >= 0.6 is 19.2 Å². The van der Waals surface area contributed by atoms with E-state index in [1.165, 1.54) is 6.92 Å². The first kappa shape index (κ1) is 10.4. The largest absolute Gasteiger partial charge is 0.330 e. The van der Waals surface area contributed by atoms with E-state index in [4.69, 9.17) is 16.5 Å². The summed E-state index contributed by atoms with van der Waals surface area (Å²) < 4.78 is 26.8. The van der Waals surface area contributed by atoms with E-state index in [9.17, 15) is 8.96 Å². The Morgan fingerprint density at radius 1 is 1.90 bits per heavy atom. The third-order valence-electron chi connectivity index (χ3n) is 0.800. The van der Waals surface area contributed by atoms with Crippen LogP contribution in [0.4, 0.5) is 4.39 Å². The predicted octanol–water partition coefficient (Wildman–Crippen LogP) is 1.74. The van der Waals surface area contributed by atoms with Crippen molar-refractivity contribution < 1.29 is 18.4 Å². The Balaban J connectivity index is 3.77. The van der Waals surface area contributed by atoms with Crippen molar-refractivity contribution in [2.75, 3.05) is 12.0 Å². The van der Waals surface area contributed by atoms with Gasteiger partial charge in [0, 0.05) is 6.16 Å². The molecule has 0 aliphatic heterocycles. The van der Waals surface area contributed by atoms with Gasteiger partial charge in [-0.05, 0) is 0 Å². The molecule has 3 nitrogen and oxygen atoms in total. The highest BCUT2D eigenvalue weighted by molar-refractivity contribution is 7.52. The molecule has 0 saturated heterocycles. The molecular formula is C4H9ClFO3P. The van der Waals surface area contributed by atoms with E-state index in [0.717, 1.165) is 0 Å². The zero-order chi connectivity index (χ0) is 8.20. The van der Waals surface area contributed by atoms with Gasteiger partial charge in [-0.1, -0.05) is 6.92 Å². The van der Waals surface area contributed by atoms with E-state index in [0.29, 0.717) is 0 Å². The van der Waals surface area contributed by atoms with Gasteiger partial charge in [0.2, 0.25) is 6.36 Å². The lowest BCUT2D eigenvalue weighted by Gasteiger charge is -2.10. The molecule has 0 spiro atoms. The van der Waals surface area contributed by atoms with Gasteiger partial charge in [-0.3, -0.25) is 9.09 Å². The molecule has 1 N–H and O–H groups in total. The maximum atomic E-state index is 12.1. The Kier molecular flexibility index (Phi) is 4.45. The average molecular weight is 191 g/mol. The van der Waals surface area contributed by atoms with Crippen molar-refractivity contribution in [3.05, 3.63) is 0 Å². The molecule has 0 amide bonds. The molecule has 6 heteroatoms. The first-order valence-corrected chi connectivity index (χ1v) is 5.02. The molecule has 0 rings (SSSR count). The highest BCUT2D eigenvalue weighted by atomic mass is 35.5. The number of halogens is 2. The minimum atomic E-state index is -3.71. The summed E-state index contributed by atoms with van der Waals surface area (Å²) in [5, 5.41) is 0. The van der Waals surface area contributed by atoms with Gasteiger partial charge in [0.1, 0.15) is 0 Å². The number of rotatable bonds is 4. The molecule has 0 radical (unpaired) electrons. The Hall–Kier alpha value is 0.370. The third-order valence-corrected chi connectivity index (χ3v) is 2.40. The van der Waals surface area contributed by atoms with Crippen molar-refractivity contribution >= 4 is 19.2 Å². The topological polar surface area (TPSA) is 46.5 Å². The summed E-state index contributed by atoms with van der Waals surface area (Å²) in [7, 11) is -3.71. The molecule has 2 atom stereocenters. The fourth-order valence-corrected chi connectivity index (χ4v) is 1.01. The van der Waals surface area contributed by atoms with Crippen LogP contribution in [0.15, 0.2) is 0 Å². The average Bonchev–Trinajstić information content (AvgIpc) is 1.87. The molecule has 0 heterocycles. The summed E-state index contributed by atoms with van der Waals surface area (Å²) in [4.78, 5) is 8.66. The minimum Gasteiger partial charge on any atom is -0.324 e. The second-order valence-corrected chi connectivity index (χ2v) is 4.05. The Morgan fingerprint density at radius 2 is 2.40 bits per heavy atom. The highest BCUT2D eigenvalue weighted by Gasteiger charge is 2.21. The van der Waals surface area contributed by atoms with E-state index in [1.807, 2.05) is 0 Å². The molecule has 0 aliphatic rings. The van der Waals surface area contributed by atoms with Crippen molar-refractivity contribution in [3.8, 4) is 0 Å². The Labute approximate surface area is 63.7 Å². The predicted molar refractivity (Wildman–Crippen MR) is 37.1 cm³/mol. The van der Waals surface area contributed by atoms with Crippen LogP contribution in [0.1, 0.15) is 6.92 Å². The van der Waals surface area contributed by atoms with Gasteiger partial charge in [0.05, 0.1) is 5.88 Å². The molecule has 0 aromatic rings. The van der Waals surface area contributed by atoms with Crippen molar-refractivity contribution in [2.45, 2.75) is 13.3 Å². The highest BCUT2D eigenvalue weighted by Crippen LogP contribution is 2.42. The van der Waals surface area contributed by atoms with Gasteiger partial charge >= 0.3 is 7.60 Å². The van der Waals surface area contributed by atoms with Gasteiger partial charge in [-0.15, -0.1) is 11.6 Å². The summed E-state index contributed by atoms with van der Waals surface area (Å²) in [6.45, 7) is 1.43. The van der Waals surface area contributed by atoms with E-state index in [-0.39, 0.29) is 6.16 Å². The standard InChI is InChI=1S/C4H9ClFO3P/c1-2-10(7,8)9-4(6)3-5/h4H,2-3H2,1H3,(H,7,8). The molecule has 0 fully saturated rings. The molecule has 10 heavy (non-hydrogen) atoms. The third kappa shape index (κ3) is 4.23. The smallest absolute Gasteiger partial charge is 0.324 e. The van der Waals surface area contributed by atoms with E-state index in [2.05, 4.69) is 4.52 Å². The Bertz CT molecular complexity index is 142. The van der Waals surface area contributed by atoms with Crippen LogP contribution < -0.4 is 0 Å². The Morgan fingerprint density at radius 3 is 2.70 bits per heavy atom. The van der Waals surface area contributed by atoms with Crippen molar-refractivity contribution in [1.29, 1.82) is 0 Å². The lowest BCUT2D eigenvalue weighted by molar-refractivity contribution is 0.0762. The first-order chi connectivity index (χ1) is 4.52. The minimum absolute atomic E-state index is 0.107. The normalized spacial score (nSPS) is 20.0. The second-order valence-electron chi connectivity index (χ2n) is 1.62. The number of hydrogen-bond donors (Lipinski definition) is 1. The van der Waals surface area contributed by atoms with Gasteiger partial charge in [0.15, 0.2) is 0 Å². The quantitative estimate of drug-likeness (QED) is 0.543. The van der Waals surface area contributed by atoms with Gasteiger partial charge in [-0.2, -0.15) is 0 Å². The van der Waals surface area contributed by atoms with Crippen LogP contribution in [-0.2, 0) is 9.09 Å². The second kappa shape index (κ2) is 4.29. The van der Waals surface area contributed by atoms with Crippen molar-refractivity contribution in [1.82, 2.24) is 0 Å². The zero-order valence-corrected chi connectivity index (χ0v) is 7.11. The van der Waals surface area contributed by atoms with E-state index in [1.54, 1.807) is 0 Å². The molecule has 0 aromatic heterocycles. The monoisotopic (exact) mass is 190 g/mol. The zero-order valence-electron chi connectivity index (χ0n) is 5.46. The fraction of sp³-hybridized carbons (Fsp3) is 1.00. The van der Waals surface area contributed by atoms with Crippen LogP contribution in [0.5, 0.6) is 0 Å². The fourth-order valence-electron chi connectivity index (χ4n) is 0.281. The molecule has 0 saturated carbocycles. The maximum absolute atomic E-state index is 12.1. The van der Waals surface area contributed by atoms with Gasteiger partial charge in [0.25, 0.3) is 0 Å². The molecule has 0 aliphatic carbocycles. The van der Waals surface area contributed by atoms with Crippen LogP contribution in [-0.4, -0.2) is 23.3 Å². The van der Waals surface area contributed by atoms with Gasteiger partial charge < -0.3 is 4.89 Å². The van der Waals surface area contributed by atoms with Crippen molar-refractivity contribution in [3.63, 3.8) is 0 Å².